The molecule has 1 aromatic carbocycles. The Morgan fingerprint density at radius 2 is 1.97 bits per heavy atom. The van der Waals surface area contributed by atoms with Crippen molar-refractivity contribution < 1.29 is 18.3 Å². The van der Waals surface area contributed by atoms with Crippen molar-refractivity contribution in [1.29, 1.82) is 0 Å². The van der Waals surface area contributed by atoms with Gasteiger partial charge in [-0.25, -0.2) is 8.78 Å². The molecule has 1 heterocycles. The third-order valence-corrected chi connectivity index (χ3v) is 4.65. The van der Waals surface area contributed by atoms with Crippen LogP contribution >= 0.6 is 0 Å². The highest BCUT2D eigenvalue weighted by atomic mass is 19.2. The average molecular weight is 411 g/mol. The van der Waals surface area contributed by atoms with E-state index < -0.39 is 11.6 Å². The van der Waals surface area contributed by atoms with Crippen LogP contribution in [0.15, 0.2) is 23.2 Å². The summed E-state index contributed by atoms with van der Waals surface area (Å²) in [7, 11) is 1.69. The highest BCUT2D eigenvalue weighted by Crippen LogP contribution is 2.15. The second-order valence-corrected chi connectivity index (χ2v) is 6.97. The maximum absolute atomic E-state index is 13.2. The number of carbonyl (C=O) groups excluding carboxylic acids is 1. The minimum absolute atomic E-state index is 0.0803. The lowest BCUT2D eigenvalue weighted by Gasteiger charge is -2.32. The number of carbonyl (C=O) groups is 1. The summed E-state index contributed by atoms with van der Waals surface area (Å²) < 4.78 is 31.5. The van der Waals surface area contributed by atoms with Crippen molar-refractivity contribution in [2.24, 2.45) is 4.99 Å². The lowest BCUT2D eigenvalue weighted by atomic mass is 10.1. The Kier molecular flexibility index (Phi) is 9.63. The minimum atomic E-state index is -0.929. The molecule has 0 radical (unpaired) electrons. The minimum Gasteiger partial charge on any atom is -0.492 e. The van der Waals surface area contributed by atoms with E-state index in [9.17, 15) is 13.6 Å². The van der Waals surface area contributed by atoms with Gasteiger partial charge in [-0.3, -0.25) is 14.7 Å². The molecule has 0 saturated carbocycles. The number of hydrogen-bond donors (Lipinski definition) is 3. The van der Waals surface area contributed by atoms with Crippen LogP contribution in [0.25, 0.3) is 0 Å². The van der Waals surface area contributed by atoms with Crippen LogP contribution in [0.5, 0.6) is 5.75 Å². The predicted octanol–water partition coefficient (Wildman–Crippen LogP) is 1.50. The van der Waals surface area contributed by atoms with E-state index in [2.05, 4.69) is 25.8 Å². The Hall–Kier alpha value is -2.42. The summed E-state index contributed by atoms with van der Waals surface area (Å²) in [5, 5.41) is 9.43. The normalized spacial score (nSPS) is 15.8. The van der Waals surface area contributed by atoms with Crippen molar-refractivity contribution in [2.75, 3.05) is 46.4 Å². The third-order valence-electron chi connectivity index (χ3n) is 4.65. The molecular weight excluding hydrogens is 380 g/mol. The fourth-order valence-corrected chi connectivity index (χ4v) is 3.05. The molecule has 1 aromatic rings. The molecule has 3 N–H and O–H groups in total. The number of nitrogens with zero attached hydrogens (tertiary/aromatic N) is 2. The molecule has 0 atom stereocenters. The second-order valence-electron chi connectivity index (χ2n) is 6.97. The van der Waals surface area contributed by atoms with Gasteiger partial charge < -0.3 is 20.7 Å². The Balaban J connectivity index is 1.63. The maximum atomic E-state index is 13.2. The van der Waals surface area contributed by atoms with Crippen molar-refractivity contribution >= 4 is 11.9 Å². The van der Waals surface area contributed by atoms with E-state index in [1.54, 1.807) is 7.05 Å². The lowest BCUT2D eigenvalue weighted by molar-refractivity contribution is -0.122. The fourth-order valence-electron chi connectivity index (χ4n) is 3.05. The molecule has 0 unspecified atom stereocenters. The summed E-state index contributed by atoms with van der Waals surface area (Å²) >= 11 is 0. The number of benzene rings is 1. The van der Waals surface area contributed by atoms with Gasteiger partial charge in [0.15, 0.2) is 17.6 Å². The van der Waals surface area contributed by atoms with Crippen molar-refractivity contribution in [3.63, 3.8) is 0 Å². The number of halogens is 2. The summed E-state index contributed by atoms with van der Waals surface area (Å²) in [6, 6.07) is 3.74. The number of ether oxygens (including phenoxy) is 1. The monoisotopic (exact) mass is 411 g/mol. The van der Waals surface area contributed by atoms with E-state index in [-0.39, 0.29) is 24.3 Å². The zero-order valence-electron chi connectivity index (χ0n) is 17.1. The number of nitrogens with one attached hydrogen (secondary N) is 3. The number of likely N-dealkylation sites (tertiary alicyclic amines) is 1. The Labute approximate surface area is 170 Å². The Morgan fingerprint density at radius 1 is 1.21 bits per heavy atom. The first-order valence-electron chi connectivity index (χ1n) is 10.1. The molecule has 1 fully saturated rings. The zero-order chi connectivity index (χ0) is 21.1. The van der Waals surface area contributed by atoms with Gasteiger partial charge >= 0.3 is 0 Å². The van der Waals surface area contributed by atoms with Gasteiger partial charge in [0.2, 0.25) is 5.91 Å². The molecule has 162 valence electrons. The molecule has 1 aliphatic rings. The summed E-state index contributed by atoms with van der Waals surface area (Å²) in [6.45, 7) is 5.67. The Morgan fingerprint density at radius 3 is 2.62 bits per heavy atom. The van der Waals surface area contributed by atoms with Gasteiger partial charge in [-0.05, 0) is 31.4 Å². The van der Waals surface area contributed by atoms with Crippen molar-refractivity contribution in [3.8, 4) is 5.75 Å². The second kappa shape index (κ2) is 12.2. The van der Waals surface area contributed by atoms with Gasteiger partial charge in [-0.2, -0.15) is 0 Å². The number of rotatable bonds is 9. The SMILES string of the molecule is CCCNC(=O)CN1CCC(NC(=NC)NCCOc2ccc(F)c(F)c2)CC1. The van der Waals surface area contributed by atoms with Crippen LogP contribution in [-0.2, 0) is 4.79 Å². The maximum Gasteiger partial charge on any atom is 0.234 e. The lowest BCUT2D eigenvalue weighted by Crippen LogP contribution is -2.50. The molecule has 2 rings (SSSR count). The largest absolute Gasteiger partial charge is 0.492 e. The molecule has 1 saturated heterocycles. The average Bonchev–Trinajstić information content (AvgIpc) is 2.72. The fraction of sp³-hybridized carbons (Fsp3) is 0.600. The van der Waals surface area contributed by atoms with Gasteiger partial charge in [0.05, 0.1) is 13.1 Å². The van der Waals surface area contributed by atoms with Gasteiger partial charge in [0.1, 0.15) is 12.4 Å². The molecule has 0 aliphatic carbocycles. The van der Waals surface area contributed by atoms with Crippen LogP contribution in [0.1, 0.15) is 26.2 Å². The first-order chi connectivity index (χ1) is 14.0. The summed E-state index contributed by atoms with van der Waals surface area (Å²) in [5.41, 5.74) is 0. The van der Waals surface area contributed by atoms with E-state index >= 15 is 0 Å². The summed E-state index contributed by atoms with van der Waals surface area (Å²) in [6.07, 6.45) is 2.79. The number of aliphatic imine (C=N–C) groups is 1. The quantitative estimate of drug-likeness (QED) is 0.326. The van der Waals surface area contributed by atoms with Gasteiger partial charge in [-0.15, -0.1) is 0 Å². The standard InChI is InChI=1S/C20H31F2N5O2/c1-3-8-24-19(28)14-27-10-6-15(7-11-27)26-20(23-2)25-9-12-29-16-4-5-17(21)18(22)13-16/h4-5,13,15H,3,6-12,14H2,1-2H3,(H,24,28)(H2,23,25,26). The summed E-state index contributed by atoms with van der Waals surface area (Å²) in [5.74, 6) is -0.798. The van der Waals surface area contributed by atoms with E-state index in [0.29, 0.717) is 19.0 Å². The smallest absolute Gasteiger partial charge is 0.234 e. The van der Waals surface area contributed by atoms with Crippen molar-refractivity contribution in [1.82, 2.24) is 20.9 Å². The van der Waals surface area contributed by atoms with E-state index in [4.69, 9.17) is 4.74 Å². The van der Waals surface area contributed by atoms with Crippen LogP contribution in [0.4, 0.5) is 8.78 Å². The zero-order valence-corrected chi connectivity index (χ0v) is 17.1. The molecule has 1 amide bonds. The van der Waals surface area contributed by atoms with Crippen LogP contribution in [0.2, 0.25) is 0 Å². The third kappa shape index (κ3) is 8.23. The molecule has 0 aromatic heterocycles. The van der Waals surface area contributed by atoms with Crippen LogP contribution < -0.4 is 20.7 Å². The van der Waals surface area contributed by atoms with Crippen molar-refractivity contribution in [3.05, 3.63) is 29.8 Å². The molecular formula is C20H31F2N5O2. The van der Waals surface area contributed by atoms with E-state index in [1.165, 1.54) is 6.07 Å². The molecule has 29 heavy (non-hydrogen) atoms. The van der Waals surface area contributed by atoms with Gasteiger partial charge in [0, 0.05) is 38.8 Å². The number of guanidine groups is 1. The molecule has 0 spiro atoms. The van der Waals surface area contributed by atoms with Crippen molar-refractivity contribution in [2.45, 2.75) is 32.2 Å². The summed E-state index contributed by atoms with van der Waals surface area (Å²) in [4.78, 5) is 18.2. The Bertz CT molecular complexity index is 679. The van der Waals surface area contributed by atoms with Gasteiger partial charge in [-0.1, -0.05) is 6.92 Å². The van der Waals surface area contributed by atoms with E-state index in [0.717, 1.165) is 51.0 Å². The topological polar surface area (TPSA) is 78.0 Å². The van der Waals surface area contributed by atoms with Gasteiger partial charge in [0.25, 0.3) is 0 Å². The molecule has 1 aliphatic heterocycles. The predicted molar refractivity (Wildman–Crippen MR) is 109 cm³/mol. The highest BCUT2D eigenvalue weighted by Gasteiger charge is 2.21. The number of hydrogen-bond acceptors (Lipinski definition) is 4. The number of piperidine rings is 1. The number of amides is 1. The first-order valence-corrected chi connectivity index (χ1v) is 10.1. The van der Waals surface area contributed by atoms with Crippen LogP contribution in [0, 0.1) is 11.6 Å². The molecule has 7 nitrogen and oxygen atoms in total. The molecule has 0 bridgehead atoms. The van der Waals surface area contributed by atoms with Crippen LogP contribution in [0.3, 0.4) is 0 Å². The molecule has 9 heteroatoms. The first kappa shape index (κ1) is 22.9. The highest BCUT2D eigenvalue weighted by molar-refractivity contribution is 5.80. The van der Waals surface area contributed by atoms with E-state index in [1.807, 2.05) is 6.92 Å². The van der Waals surface area contributed by atoms with Crippen LogP contribution in [-0.4, -0.2) is 69.2 Å².